The van der Waals surface area contributed by atoms with Crippen molar-refractivity contribution in [2.45, 2.75) is 34.2 Å². The normalized spacial score (nSPS) is 10.8. The third-order valence-corrected chi connectivity index (χ3v) is 6.45. The molecule has 0 atom stereocenters. The maximum atomic E-state index is 13.2. The van der Waals surface area contributed by atoms with Crippen LogP contribution in [0.15, 0.2) is 56.2 Å². The lowest BCUT2D eigenvalue weighted by atomic mass is 10.1. The van der Waals surface area contributed by atoms with E-state index in [0.29, 0.717) is 16.7 Å². The molecule has 0 unspecified atom stereocenters. The highest BCUT2D eigenvalue weighted by atomic mass is 79.9. The Hall–Kier alpha value is -2.18. The topological polar surface area (TPSA) is 51.1 Å². The first-order chi connectivity index (χ1) is 13.7. The summed E-state index contributed by atoms with van der Waals surface area (Å²) in [5.74, 6) is -0.400. The monoisotopic (exact) mass is 516 g/mol. The van der Waals surface area contributed by atoms with E-state index in [1.807, 2.05) is 74.7 Å². The van der Waals surface area contributed by atoms with Crippen LogP contribution in [0, 0.1) is 27.7 Å². The molecule has 0 aliphatic rings. The Morgan fingerprint density at radius 1 is 0.966 bits per heavy atom. The first-order valence-electron chi connectivity index (χ1n) is 9.22. The van der Waals surface area contributed by atoms with E-state index in [9.17, 15) is 9.59 Å². The summed E-state index contributed by atoms with van der Waals surface area (Å²) in [6.07, 6.45) is 0. The summed E-state index contributed by atoms with van der Waals surface area (Å²) in [4.78, 5) is 26.1. The number of hydrogen-bond donors (Lipinski definition) is 1. The average Bonchev–Trinajstić information content (AvgIpc) is 2.67. The van der Waals surface area contributed by atoms with Gasteiger partial charge in [0.1, 0.15) is 5.56 Å². The number of carbonyl (C=O) groups excluding carboxylic acids is 1. The molecule has 3 aromatic rings. The zero-order chi connectivity index (χ0) is 21.3. The van der Waals surface area contributed by atoms with Crippen LogP contribution >= 0.6 is 31.9 Å². The van der Waals surface area contributed by atoms with Crippen LogP contribution in [0.5, 0.6) is 0 Å². The standard InChI is InChI=1S/C23H22Br2N2O2/c1-13-10-18(24)11-14(2)21(13)26-23(29)19-15(3)27(16(4)20(25)22(19)28)12-17-8-6-5-7-9-17/h5-11H,12H2,1-4H3,(H,26,29). The highest BCUT2D eigenvalue weighted by Gasteiger charge is 2.22. The molecular weight excluding hydrogens is 496 g/mol. The fraction of sp³-hybridized carbons (Fsp3) is 0.217. The number of hydrogen-bond acceptors (Lipinski definition) is 2. The van der Waals surface area contributed by atoms with Gasteiger partial charge in [0.2, 0.25) is 5.43 Å². The van der Waals surface area contributed by atoms with Crippen LogP contribution in [0.2, 0.25) is 0 Å². The molecule has 3 rings (SSSR count). The van der Waals surface area contributed by atoms with Gasteiger partial charge in [-0.25, -0.2) is 0 Å². The zero-order valence-corrected chi connectivity index (χ0v) is 19.9. The Morgan fingerprint density at radius 3 is 2.14 bits per heavy atom. The van der Waals surface area contributed by atoms with E-state index in [4.69, 9.17) is 0 Å². The fourth-order valence-electron chi connectivity index (χ4n) is 3.50. The lowest BCUT2D eigenvalue weighted by molar-refractivity contribution is 0.102. The van der Waals surface area contributed by atoms with Crippen LogP contribution < -0.4 is 10.7 Å². The molecule has 1 aromatic heterocycles. The third-order valence-electron chi connectivity index (χ3n) is 5.06. The number of aryl methyl sites for hydroxylation is 2. The summed E-state index contributed by atoms with van der Waals surface area (Å²) in [5.41, 5.74) is 4.98. The number of halogens is 2. The minimum absolute atomic E-state index is 0.153. The molecule has 0 fully saturated rings. The van der Waals surface area contributed by atoms with Crippen LogP contribution in [0.25, 0.3) is 0 Å². The van der Waals surface area contributed by atoms with Gasteiger partial charge in [-0.3, -0.25) is 9.59 Å². The number of pyridine rings is 1. The Bertz CT molecular complexity index is 1130. The van der Waals surface area contributed by atoms with Crippen molar-refractivity contribution in [3.05, 3.63) is 95.3 Å². The average molecular weight is 518 g/mol. The molecule has 0 saturated carbocycles. The predicted octanol–water partition coefficient (Wildman–Crippen LogP) is 5.91. The molecule has 2 aromatic carbocycles. The summed E-state index contributed by atoms with van der Waals surface area (Å²) in [6.45, 7) is 8.14. The molecule has 0 spiro atoms. The Balaban J connectivity index is 2.07. The number of rotatable bonds is 4. The van der Waals surface area contributed by atoms with E-state index < -0.39 is 5.91 Å². The number of nitrogens with one attached hydrogen (secondary N) is 1. The van der Waals surface area contributed by atoms with E-state index >= 15 is 0 Å². The number of anilines is 1. The number of amides is 1. The lowest BCUT2D eigenvalue weighted by Gasteiger charge is -2.20. The SMILES string of the molecule is Cc1cc(Br)cc(C)c1NC(=O)c1c(C)n(Cc2ccccc2)c(C)c(Br)c1=O. The van der Waals surface area contributed by atoms with E-state index in [1.165, 1.54) is 0 Å². The molecule has 1 N–H and O–H groups in total. The molecule has 0 saturated heterocycles. The van der Waals surface area contributed by atoms with Crippen molar-refractivity contribution in [1.82, 2.24) is 4.57 Å². The van der Waals surface area contributed by atoms with Crippen molar-refractivity contribution < 1.29 is 4.79 Å². The van der Waals surface area contributed by atoms with Crippen LogP contribution in [0.4, 0.5) is 5.69 Å². The van der Waals surface area contributed by atoms with E-state index in [0.717, 1.165) is 32.5 Å². The van der Waals surface area contributed by atoms with Crippen LogP contribution in [0.1, 0.15) is 38.4 Å². The molecule has 150 valence electrons. The quantitative estimate of drug-likeness (QED) is 0.467. The molecule has 6 heteroatoms. The third kappa shape index (κ3) is 4.38. The molecule has 0 radical (unpaired) electrons. The van der Waals surface area contributed by atoms with Crippen molar-refractivity contribution in [2.75, 3.05) is 5.32 Å². The largest absolute Gasteiger partial charge is 0.343 e. The summed E-state index contributed by atoms with van der Waals surface area (Å²) in [5, 5.41) is 2.95. The minimum Gasteiger partial charge on any atom is -0.343 e. The molecule has 1 amide bonds. The van der Waals surface area contributed by atoms with Crippen LogP contribution in [-0.4, -0.2) is 10.5 Å². The lowest BCUT2D eigenvalue weighted by Crippen LogP contribution is -2.29. The minimum atomic E-state index is -0.400. The molecule has 0 aliphatic heterocycles. The van der Waals surface area contributed by atoms with Gasteiger partial charge in [0.05, 0.1) is 4.47 Å². The predicted molar refractivity (Wildman–Crippen MR) is 125 cm³/mol. The highest BCUT2D eigenvalue weighted by Crippen LogP contribution is 2.26. The second-order valence-electron chi connectivity index (χ2n) is 7.13. The van der Waals surface area contributed by atoms with Crippen molar-refractivity contribution in [3.63, 3.8) is 0 Å². The second-order valence-corrected chi connectivity index (χ2v) is 8.84. The van der Waals surface area contributed by atoms with Gasteiger partial charge >= 0.3 is 0 Å². The maximum absolute atomic E-state index is 13.2. The van der Waals surface area contributed by atoms with Crippen molar-refractivity contribution in [1.29, 1.82) is 0 Å². The number of carbonyl (C=O) groups is 1. The van der Waals surface area contributed by atoms with Gasteiger partial charge in [-0.2, -0.15) is 0 Å². The van der Waals surface area contributed by atoms with Gasteiger partial charge in [0.15, 0.2) is 0 Å². The van der Waals surface area contributed by atoms with Gasteiger partial charge in [-0.1, -0.05) is 46.3 Å². The highest BCUT2D eigenvalue weighted by molar-refractivity contribution is 9.10. The Morgan fingerprint density at radius 2 is 1.55 bits per heavy atom. The Kier molecular flexibility index (Phi) is 6.44. The Labute approximate surface area is 187 Å². The van der Waals surface area contributed by atoms with Crippen molar-refractivity contribution >= 4 is 43.5 Å². The van der Waals surface area contributed by atoms with Crippen LogP contribution in [0.3, 0.4) is 0 Å². The van der Waals surface area contributed by atoms with Crippen LogP contribution in [-0.2, 0) is 6.54 Å². The van der Waals surface area contributed by atoms with E-state index in [-0.39, 0.29) is 11.0 Å². The molecule has 1 heterocycles. The summed E-state index contributed by atoms with van der Waals surface area (Å²) < 4.78 is 3.36. The van der Waals surface area contributed by atoms with Gasteiger partial charge in [0, 0.05) is 28.1 Å². The van der Waals surface area contributed by atoms with Crippen molar-refractivity contribution in [3.8, 4) is 0 Å². The van der Waals surface area contributed by atoms with E-state index in [1.54, 1.807) is 0 Å². The number of nitrogens with zero attached hydrogens (tertiary/aromatic N) is 1. The van der Waals surface area contributed by atoms with Gasteiger partial charge in [-0.15, -0.1) is 0 Å². The van der Waals surface area contributed by atoms with Gasteiger partial charge in [-0.05, 0) is 72.4 Å². The first-order valence-corrected chi connectivity index (χ1v) is 10.8. The second kappa shape index (κ2) is 8.67. The van der Waals surface area contributed by atoms with E-state index in [2.05, 4.69) is 37.2 Å². The maximum Gasteiger partial charge on any atom is 0.261 e. The number of benzene rings is 2. The first kappa shape index (κ1) is 21.5. The number of aromatic nitrogens is 1. The molecule has 0 bridgehead atoms. The molecule has 0 aliphatic carbocycles. The van der Waals surface area contributed by atoms with Gasteiger partial charge < -0.3 is 9.88 Å². The van der Waals surface area contributed by atoms with Gasteiger partial charge in [0.25, 0.3) is 5.91 Å². The summed E-state index contributed by atoms with van der Waals surface area (Å²) >= 11 is 6.87. The fourth-order valence-corrected chi connectivity index (χ4v) is 4.60. The molecular formula is C23H22Br2N2O2. The van der Waals surface area contributed by atoms with Crippen molar-refractivity contribution in [2.24, 2.45) is 0 Å². The smallest absolute Gasteiger partial charge is 0.261 e. The molecule has 4 nitrogen and oxygen atoms in total. The summed E-state index contributed by atoms with van der Waals surface area (Å²) in [6, 6.07) is 13.8. The summed E-state index contributed by atoms with van der Waals surface area (Å²) in [7, 11) is 0. The molecule has 29 heavy (non-hydrogen) atoms. The zero-order valence-electron chi connectivity index (χ0n) is 16.8.